The Morgan fingerprint density at radius 3 is 2.67 bits per heavy atom. The standard InChI is InChI=1S/C15H18N4O2/c20-14(21)10-13-16-18-19(17-13)15(12-8-4-5-9-12)11-6-2-1-3-7-11/h1-3,6-7,12,15H,4-5,8-10H2,(H,20,21). The van der Waals surface area contributed by atoms with E-state index in [0.717, 1.165) is 18.4 Å². The van der Waals surface area contributed by atoms with Crippen LogP contribution in [0.15, 0.2) is 30.3 Å². The lowest BCUT2D eigenvalue weighted by Gasteiger charge is -2.22. The lowest BCUT2D eigenvalue weighted by molar-refractivity contribution is -0.136. The summed E-state index contributed by atoms with van der Waals surface area (Å²) in [6.07, 6.45) is 4.56. The highest BCUT2D eigenvalue weighted by molar-refractivity contribution is 5.68. The Morgan fingerprint density at radius 2 is 2.00 bits per heavy atom. The zero-order chi connectivity index (χ0) is 14.7. The zero-order valence-electron chi connectivity index (χ0n) is 11.7. The van der Waals surface area contributed by atoms with E-state index in [-0.39, 0.29) is 18.3 Å². The molecule has 21 heavy (non-hydrogen) atoms. The minimum Gasteiger partial charge on any atom is -0.481 e. The molecule has 1 N–H and O–H groups in total. The van der Waals surface area contributed by atoms with Gasteiger partial charge in [0.05, 0.1) is 0 Å². The number of rotatable bonds is 5. The fraction of sp³-hybridized carbons (Fsp3) is 0.467. The van der Waals surface area contributed by atoms with Crippen LogP contribution < -0.4 is 0 Å². The molecule has 0 radical (unpaired) electrons. The van der Waals surface area contributed by atoms with Crippen molar-refractivity contribution >= 4 is 5.97 Å². The van der Waals surface area contributed by atoms with E-state index >= 15 is 0 Å². The second-order valence-corrected chi connectivity index (χ2v) is 5.50. The quantitative estimate of drug-likeness (QED) is 0.910. The number of aliphatic carboxylic acids is 1. The molecule has 1 aliphatic carbocycles. The molecule has 1 atom stereocenters. The number of tetrazole rings is 1. The highest BCUT2D eigenvalue weighted by Gasteiger charge is 2.29. The molecule has 0 amide bonds. The maximum Gasteiger partial charge on any atom is 0.311 e. The monoisotopic (exact) mass is 286 g/mol. The molecule has 1 aromatic carbocycles. The van der Waals surface area contributed by atoms with Gasteiger partial charge in [-0.3, -0.25) is 4.79 Å². The predicted octanol–water partition coefficient (Wildman–Crippen LogP) is 2.08. The highest BCUT2D eigenvalue weighted by Crippen LogP contribution is 2.37. The minimum atomic E-state index is -0.938. The van der Waals surface area contributed by atoms with Gasteiger partial charge in [0.25, 0.3) is 0 Å². The summed E-state index contributed by atoms with van der Waals surface area (Å²) in [5, 5.41) is 21.1. The van der Waals surface area contributed by atoms with Crippen LogP contribution in [0, 0.1) is 5.92 Å². The van der Waals surface area contributed by atoms with E-state index in [9.17, 15) is 4.79 Å². The van der Waals surface area contributed by atoms with Crippen molar-refractivity contribution in [2.75, 3.05) is 0 Å². The van der Waals surface area contributed by atoms with E-state index in [1.807, 2.05) is 18.2 Å². The van der Waals surface area contributed by atoms with Crippen LogP contribution in [-0.2, 0) is 11.2 Å². The van der Waals surface area contributed by atoms with Crippen molar-refractivity contribution in [2.45, 2.75) is 38.1 Å². The molecule has 6 nitrogen and oxygen atoms in total. The summed E-state index contributed by atoms with van der Waals surface area (Å²) in [6.45, 7) is 0. The first-order valence-electron chi connectivity index (χ1n) is 7.29. The Hall–Kier alpha value is -2.24. The van der Waals surface area contributed by atoms with Crippen molar-refractivity contribution < 1.29 is 9.90 Å². The topological polar surface area (TPSA) is 80.9 Å². The van der Waals surface area contributed by atoms with Crippen LogP contribution in [-0.4, -0.2) is 31.3 Å². The lowest BCUT2D eigenvalue weighted by Crippen LogP contribution is -2.21. The van der Waals surface area contributed by atoms with Crippen LogP contribution in [0.5, 0.6) is 0 Å². The third kappa shape index (κ3) is 3.09. The molecule has 0 bridgehead atoms. The lowest BCUT2D eigenvalue weighted by atomic mass is 9.92. The molecular formula is C15H18N4O2. The molecule has 2 aromatic rings. The molecule has 1 unspecified atom stereocenters. The maximum atomic E-state index is 10.8. The van der Waals surface area contributed by atoms with Gasteiger partial charge in [-0.2, -0.15) is 4.80 Å². The molecule has 1 aliphatic rings. The van der Waals surface area contributed by atoms with Gasteiger partial charge >= 0.3 is 5.97 Å². The molecule has 110 valence electrons. The third-order valence-electron chi connectivity index (χ3n) is 4.02. The van der Waals surface area contributed by atoms with E-state index in [4.69, 9.17) is 5.11 Å². The molecule has 0 saturated heterocycles. The van der Waals surface area contributed by atoms with Gasteiger partial charge < -0.3 is 5.11 Å². The summed E-state index contributed by atoms with van der Waals surface area (Å²) in [5.74, 6) is -0.188. The molecule has 0 aliphatic heterocycles. The molecule has 1 fully saturated rings. The number of aromatic nitrogens is 4. The summed E-state index contributed by atoms with van der Waals surface area (Å²) in [6, 6.07) is 10.2. The Kier molecular flexibility index (Phi) is 3.94. The number of carbonyl (C=O) groups is 1. The van der Waals surface area contributed by atoms with Gasteiger partial charge in [-0.1, -0.05) is 43.2 Å². The summed E-state index contributed by atoms with van der Waals surface area (Å²) in [4.78, 5) is 12.4. The van der Waals surface area contributed by atoms with Crippen molar-refractivity contribution in [1.82, 2.24) is 20.2 Å². The van der Waals surface area contributed by atoms with Gasteiger partial charge in [0.15, 0.2) is 5.82 Å². The Balaban J connectivity index is 1.91. The number of benzene rings is 1. The van der Waals surface area contributed by atoms with Gasteiger partial charge in [-0.05, 0) is 29.5 Å². The number of carboxylic acids is 1. The van der Waals surface area contributed by atoms with Gasteiger partial charge in [0.2, 0.25) is 0 Å². The van der Waals surface area contributed by atoms with Crippen molar-refractivity contribution in [3.05, 3.63) is 41.7 Å². The van der Waals surface area contributed by atoms with Crippen LogP contribution in [0.2, 0.25) is 0 Å². The first kappa shape index (κ1) is 13.7. The van der Waals surface area contributed by atoms with Crippen LogP contribution in [0.4, 0.5) is 0 Å². The smallest absolute Gasteiger partial charge is 0.311 e. The largest absolute Gasteiger partial charge is 0.481 e. The second kappa shape index (κ2) is 6.03. The number of carboxylic acid groups (broad SMARTS) is 1. The van der Waals surface area contributed by atoms with Gasteiger partial charge in [0.1, 0.15) is 12.5 Å². The third-order valence-corrected chi connectivity index (χ3v) is 4.02. The van der Waals surface area contributed by atoms with Crippen molar-refractivity contribution in [3.63, 3.8) is 0 Å². The molecule has 3 rings (SSSR count). The Bertz CT molecular complexity index is 605. The maximum absolute atomic E-state index is 10.8. The van der Waals surface area contributed by atoms with Crippen LogP contribution in [0.1, 0.15) is 43.1 Å². The number of nitrogens with zero attached hydrogens (tertiary/aromatic N) is 4. The van der Waals surface area contributed by atoms with Crippen LogP contribution in [0.3, 0.4) is 0 Å². The van der Waals surface area contributed by atoms with E-state index in [1.54, 1.807) is 4.80 Å². The van der Waals surface area contributed by atoms with Crippen LogP contribution in [0.25, 0.3) is 0 Å². The van der Waals surface area contributed by atoms with Gasteiger partial charge in [-0.15, -0.1) is 10.2 Å². The Labute approximate surface area is 122 Å². The average Bonchev–Trinajstić information content (AvgIpc) is 3.13. The van der Waals surface area contributed by atoms with Crippen molar-refractivity contribution in [1.29, 1.82) is 0 Å². The summed E-state index contributed by atoms with van der Waals surface area (Å²) < 4.78 is 0. The first-order chi connectivity index (χ1) is 10.2. The molecule has 1 saturated carbocycles. The first-order valence-corrected chi connectivity index (χ1v) is 7.29. The number of hydrogen-bond acceptors (Lipinski definition) is 4. The Morgan fingerprint density at radius 1 is 1.29 bits per heavy atom. The van der Waals surface area contributed by atoms with Crippen LogP contribution >= 0.6 is 0 Å². The van der Waals surface area contributed by atoms with Crippen molar-refractivity contribution in [3.8, 4) is 0 Å². The molecular weight excluding hydrogens is 268 g/mol. The molecule has 1 aromatic heterocycles. The summed E-state index contributed by atoms with van der Waals surface area (Å²) >= 11 is 0. The minimum absolute atomic E-state index is 0.0451. The average molecular weight is 286 g/mol. The van der Waals surface area contributed by atoms with Gasteiger partial charge in [-0.25, -0.2) is 0 Å². The van der Waals surface area contributed by atoms with E-state index in [2.05, 4.69) is 27.5 Å². The molecule has 6 heteroatoms. The van der Waals surface area contributed by atoms with E-state index in [1.165, 1.54) is 12.8 Å². The summed E-state index contributed by atoms with van der Waals surface area (Å²) in [7, 11) is 0. The van der Waals surface area contributed by atoms with E-state index < -0.39 is 5.97 Å². The van der Waals surface area contributed by atoms with Gasteiger partial charge in [0, 0.05) is 0 Å². The SMILES string of the molecule is O=C(O)Cc1nnn(C(c2ccccc2)C2CCCC2)n1. The fourth-order valence-corrected chi connectivity index (χ4v) is 3.10. The van der Waals surface area contributed by atoms with E-state index in [0.29, 0.717) is 5.92 Å². The predicted molar refractivity (Wildman–Crippen MR) is 75.7 cm³/mol. The normalized spacial score (nSPS) is 17.0. The highest BCUT2D eigenvalue weighted by atomic mass is 16.4. The van der Waals surface area contributed by atoms with Crippen molar-refractivity contribution in [2.24, 2.45) is 5.92 Å². The molecule has 1 heterocycles. The number of hydrogen-bond donors (Lipinski definition) is 1. The zero-order valence-corrected chi connectivity index (χ0v) is 11.7. The second-order valence-electron chi connectivity index (χ2n) is 5.50. The fourth-order valence-electron chi connectivity index (χ4n) is 3.10. The molecule has 0 spiro atoms. The summed E-state index contributed by atoms with van der Waals surface area (Å²) in [5.41, 5.74) is 1.16.